The molecule has 3 atom stereocenters. The first-order valence-corrected chi connectivity index (χ1v) is 8.41. The van der Waals surface area contributed by atoms with Crippen molar-refractivity contribution in [3.05, 3.63) is 38.5 Å². The van der Waals surface area contributed by atoms with E-state index in [9.17, 15) is 24.9 Å². The average Bonchev–Trinajstić information content (AvgIpc) is 2.66. The Labute approximate surface area is 157 Å². The second-order valence-electron chi connectivity index (χ2n) is 6.38. The van der Waals surface area contributed by atoms with E-state index in [1.165, 1.54) is 11.7 Å². The van der Waals surface area contributed by atoms with Crippen LogP contribution in [0.25, 0.3) is 22.6 Å². The largest absolute Gasteiger partial charge is 0.496 e. The van der Waals surface area contributed by atoms with Gasteiger partial charge in [0.2, 0.25) is 0 Å². The van der Waals surface area contributed by atoms with Gasteiger partial charge < -0.3 is 29.7 Å². The molecule has 0 aliphatic carbocycles. The first-order chi connectivity index (χ1) is 13.3. The highest BCUT2D eigenvalue weighted by molar-refractivity contribution is 5.82. The van der Waals surface area contributed by atoms with E-state index in [0.717, 1.165) is 5.56 Å². The van der Waals surface area contributed by atoms with Gasteiger partial charge >= 0.3 is 5.69 Å². The number of aromatic nitrogens is 4. The molecule has 28 heavy (non-hydrogen) atoms. The van der Waals surface area contributed by atoms with Crippen LogP contribution in [-0.4, -0.2) is 72.0 Å². The van der Waals surface area contributed by atoms with E-state index < -0.39 is 36.2 Å². The molecule has 11 nitrogen and oxygen atoms in total. The molecule has 0 radical (unpaired) electrons. The minimum Gasteiger partial charge on any atom is -0.496 e. The van der Waals surface area contributed by atoms with Crippen LogP contribution < -0.4 is 16.0 Å². The van der Waals surface area contributed by atoms with Crippen LogP contribution >= 0.6 is 0 Å². The summed E-state index contributed by atoms with van der Waals surface area (Å²) in [6, 6.07) is 3.27. The fraction of sp³-hybridized carbons (Fsp3) is 0.412. The van der Waals surface area contributed by atoms with Gasteiger partial charge in [-0.05, 0) is 18.6 Å². The zero-order chi connectivity index (χ0) is 20.6. The fourth-order valence-corrected chi connectivity index (χ4v) is 2.99. The summed E-state index contributed by atoms with van der Waals surface area (Å²) in [5.41, 5.74) is -0.254. The number of benzene rings is 1. The molecule has 3 unspecified atom stereocenters. The van der Waals surface area contributed by atoms with E-state index in [1.807, 2.05) is 4.98 Å². The molecule has 0 spiro atoms. The number of ether oxygens (including phenoxy) is 1. The summed E-state index contributed by atoms with van der Waals surface area (Å²) >= 11 is 0. The molecule has 1 aromatic rings. The monoisotopic (exact) mass is 392 g/mol. The first-order valence-electron chi connectivity index (χ1n) is 8.41. The number of methoxy groups -OCH3 is 1. The lowest BCUT2D eigenvalue weighted by molar-refractivity contribution is -0.0802. The number of aliphatic hydroxyl groups is 4. The van der Waals surface area contributed by atoms with Crippen LogP contribution in [0.2, 0.25) is 0 Å². The Morgan fingerprint density at radius 3 is 2.54 bits per heavy atom. The minimum absolute atomic E-state index is 0.100. The van der Waals surface area contributed by atoms with Gasteiger partial charge in [0, 0.05) is 6.07 Å². The summed E-state index contributed by atoms with van der Waals surface area (Å²) in [4.78, 5) is 34.0. The van der Waals surface area contributed by atoms with E-state index in [1.54, 1.807) is 19.1 Å². The molecule has 150 valence electrons. The van der Waals surface area contributed by atoms with Crippen LogP contribution in [0.15, 0.2) is 21.7 Å². The Morgan fingerprint density at radius 2 is 1.89 bits per heavy atom. The number of aromatic amines is 1. The highest BCUT2D eigenvalue weighted by Crippen LogP contribution is 2.28. The van der Waals surface area contributed by atoms with Gasteiger partial charge in [0.15, 0.2) is 11.5 Å². The molecule has 0 fully saturated rings. The van der Waals surface area contributed by atoms with Crippen molar-refractivity contribution in [3.8, 4) is 17.3 Å². The SMILES string of the molecule is COc1cc2c(cc1C)nc1c(=O)[nH]c(=O)nc-1n2CC(O)C(O)C(O)CO. The molecule has 11 heteroatoms. The van der Waals surface area contributed by atoms with Crippen LogP contribution in [0.1, 0.15) is 5.56 Å². The number of aliphatic hydroxyl groups excluding tert-OH is 4. The lowest BCUT2D eigenvalue weighted by atomic mass is 10.1. The van der Waals surface area contributed by atoms with Crippen LogP contribution in [0.3, 0.4) is 0 Å². The quantitative estimate of drug-likeness (QED) is 0.297. The second kappa shape index (κ2) is 7.64. The van der Waals surface area contributed by atoms with Crippen molar-refractivity contribution in [3.63, 3.8) is 0 Å². The zero-order valence-electron chi connectivity index (χ0n) is 15.2. The van der Waals surface area contributed by atoms with Crippen molar-refractivity contribution in [1.82, 2.24) is 19.5 Å². The number of H-pyrrole nitrogens is 1. The highest BCUT2D eigenvalue weighted by atomic mass is 16.5. The lowest BCUT2D eigenvalue weighted by Gasteiger charge is -2.25. The predicted octanol–water partition coefficient (Wildman–Crippen LogP) is -2.02. The number of hydrogen-bond donors (Lipinski definition) is 5. The molecule has 0 saturated heterocycles. The lowest BCUT2D eigenvalue weighted by Crippen LogP contribution is -2.42. The number of nitrogens with zero attached hydrogens (tertiary/aromatic N) is 3. The zero-order valence-corrected chi connectivity index (χ0v) is 15.2. The van der Waals surface area contributed by atoms with Gasteiger partial charge in [-0.3, -0.25) is 9.78 Å². The summed E-state index contributed by atoms with van der Waals surface area (Å²) in [5, 5.41) is 38.9. The van der Waals surface area contributed by atoms with Gasteiger partial charge in [-0.25, -0.2) is 9.78 Å². The molecule has 3 rings (SSSR count). The van der Waals surface area contributed by atoms with E-state index in [-0.39, 0.29) is 18.1 Å². The smallest absolute Gasteiger partial charge is 0.349 e. The van der Waals surface area contributed by atoms with Gasteiger partial charge in [-0.15, -0.1) is 0 Å². The van der Waals surface area contributed by atoms with Gasteiger partial charge in [-0.2, -0.15) is 4.98 Å². The number of rotatable bonds is 6. The summed E-state index contributed by atoms with van der Waals surface area (Å²) in [7, 11) is 1.47. The first kappa shape index (κ1) is 19.9. The molecular formula is C17H20N4O7. The van der Waals surface area contributed by atoms with Crippen molar-refractivity contribution < 1.29 is 25.2 Å². The molecule has 0 aromatic heterocycles. The summed E-state index contributed by atoms with van der Waals surface area (Å²) in [6.07, 6.45) is -4.78. The maximum atomic E-state index is 12.2. The third kappa shape index (κ3) is 3.47. The Balaban J connectivity index is 2.29. The maximum absolute atomic E-state index is 12.2. The van der Waals surface area contributed by atoms with Crippen molar-refractivity contribution in [1.29, 1.82) is 0 Å². The third-order valence-electron chi connectivity index (χ3n) is 4.47. The Morgan fingerprint density at radius 1 is 1.18 bits per heavy atom. The standard InChI is InChI=1S/C17H20N4O7/c1-7-3-8-9(4-12(7)28-2)21(5-10(23)14(25)11(24)6-22)15-13(18-8)16(26)20-17(27)19-15/h3-4,10-11,14,22-25H,5-6H2,1-2H3,(H,20,26,27). The number of fused-ring (bicyclic) bond motifs is 2. The molecule has 2 heterocycles. The molecule has 2 aliphatic heterocycles. The minimum atomic E-state index is -1.67. The van der Waals surface area contributed by atoms with Crippen molar-refractivity contribution in [2.45, 2.75) is 31.8 Å². The highest BCUT2D eigenvalue weighted by Gasteiger charge is 2.27. The van der Waals surface area contributed by atoms with Crippen molar-refractivity contribution in [2.24, 2.45) is 0 Å². The molecule has 0 saturated carbocycles. The number of aryl methyl sites for hydroxylation is 1. The van der Waals surface area contributed by atoms with Crippen LogP contribution in [0.4, 0.5) is 0 Å². The molecule has 2 aliphatic rings. The van der Waals surface area contributed by atoms with Gasteiger partial charge in [0.05, 0.1) is 31.3 Å². The summed E-state index contributed by atoms with van der Waals surface area (Å²) < 4.78 is 6.64. The van der Waals surface area contributed by atoms with E-state index >= 15 is 0 Å². The maximum Gasteiger partial charge on any atom is 0.349 e. The average molecular weight is 392 g/mol. The Hall–Kier alpha value is -2.86. The van der Waals surface area contributed by atoms with Crippen molar-refractivity contribution >= 4 is 11.0 Å². The molecule has 0 amide bonds. The van der Waals surface area contributed by atoms with E-state index in [0.29, 0.717) is 16.8 Å². The van der Waals surface area contributed by atoms with Crippen LogP contribution in [0.5, 0.6) is 5.75 Å². The van der Waals surface area contributed by atoms with E-state index in [2.05, 4.69) is 9.97 Å². The molecule has 5 N–H and O–H groups in total. The van der Waals surface area contributed by atoms with Gasteiger partial charge in [0.1, 0.15) is 24.1 Å². The second-order valence-corrected chi connectivity index (χ2v) is 6.38. The van der Waals surface area contributed by atoms with Gasteiger partial charge in [-0.1, -0.05) is 0 Å². The van der Waals surface area contributed by atoms with Crippen LogP contribution in [-0.2, 0) is 6.54 Å². The van der Waals surface area contributed by atoms with Gasteiger partial charge in [0.25, 0.3) is 5.56 Å². The summed E-state index contributed by atoms with van der Waals surface area (Å²) in [5.74, 6) is 0.400. The molecule has 1 aromatic carbocycles. The topological polar surface area (TPSA) is 171 Å². The normalized spacial score (nSPS) is 14.9. The number of nitrogens with one attached hydrogen (secondary N) is 1. The summed E-state index contributed by atoms with van der Waals surface area (Å²) in [6.45, 7) is 0.695. The van der Waals surface area contributed by atoms with E-state index in [4.69, 9.17) is 9.84 Å². The number of hydrogen-bond acceptors (Lipinski definition) is 9. The Bertz CT molecular complexity index is 1090. The fourth-order valence-electron chi connectivity index (χ4n) is 2.99. The third-order valence-corrected chi connectivity index (χ3v) is 4.47. The molecule has 0 bridgehead atoms. The van der Waals surface area contributed by atoms with Crippen molar-refractivity contribution in [2.75, 3.05) is 13.7 Å². The Kier molecular flexibility index (Phi) is 5.42. The molecular weight excluding hydrogens is 372 g/mol. The predicted molar refractivity (Wildman–Crippen MR) is 97.4 cm³/mol. The van der Waals surface area contributed by atoms with Crippen LogP contribution in [0, 0.1) is 6.92 Å².